The van der Waals surface area contributed by atoms with Gasteiger partial charge in [-0.05, 0) is 12.1 Å². The predicted molar refractivity (Wildman–Crippen MR) is 113 cm³/mol. The summed E-state index contributed by atoms with van der Waals surface area (Å²) in [4.78, 5) is 47.6. The predicted octanol–water partition coefficient (Wildman–Crippen LogP) is 3.49. The summed E-state index contributed by atoms with van der Waals surface area (Å²) in [5.74, 6) is -1.99. The number of ether oxygens (including phenoxy) is 1. The average Bonchev–Trinajstić information content (AvgIpc) is 2.82. The van der Waals surface area contributed by atoms with Gasteiger partial charge in [0.25, 0.3) is 11.6 Å². The second-order valence-electron chi connectivity index (χ2n) is 6.46. The number of nitriles is 1. The van der Waals surface area contributed by atoms with E-state index < -0.39 is 23.4 Å². The largest absolute Gasteiger partial charge is 0.452 e. The lowest BCUT2D eigenvalue weighted by atomic mass is 9.98. The normalized spacial score (nSPS) is 9.97. The molecule has 0 aromatic heterocycles. The Labute approximate surface area is 182 Å². The minimum Gasteiger partial charge on any atom is -0.452 e. The van der Waals surface area contributed by atoms with Crippen molar-refractivity contribution in [3.8, 4) is 6.07 Å². The number of amides is 1. The molecular formula is C23H15N3O6. The zero-order chi connectivity index (χ0) is 23.1. The third kappa shape index (κ3) is 5.01. The molecule has 0 heterocycles. The van der Waals surface area contributed by atoms with Crippen LogP contribution in [-0.2, 0) is 9.53 Å². The molecule has 0 aliphatic rings. The molecule has 0 unspecified atom stereocenters. The minimum atomic E-state index is -0.871. The number of carbonyl (C=O) groups excluding carboxylic acids is 3. The van der Waals surface area contributed by atoms with E-state index in [1.165, 1.54) is 18.2 Å². The van der Waals surface area contributed by atoms with Crippen molar-refractivity contribution in [1.29, 1.82) is 5.26 Å². The first kappa shape index (κ1) is 21.9. The Balaban J connectivity index is 1.69. The molecule has 0 aliphatic heterocycles. The SMILES string of the molecule is N#Cc1cc([N+](=O)[O-])ccc1NC(=O)COC(=O)c1ccccc1C(=O)c1ccccc1. The van der Waals surface area contributed by atoms with Gasteiger partial charge in [-0.2, -0.15) is 5.26 Å². The summed E-state index contributed by atoms with van der Waals surface area (Å²) in [6.45, 7) is -0.686. The number of benzene rings is 3. The first-order valence-electron chi connectivity index (χ1n) is 9.25. The number of nitro benzene ring substituents is 1. The van der Waals surface area contributed by atoms with Crippen LogP contribution in [-0.4, -0.2) is 29.2 Å². The summed E-state index contributed by atoms with van der Waals surface area (Å²) in [6, 6.07) is 19.6. The highest BCUT2D eigenvalue weighted by molar-refractivity contribution is 6.14. The van der Waals surface area contributed by atoms with Crippen LogP contribution in [0, 0.1) is 21.4 Å². The quantitative estimate of drug-likeness (QED) is 0.262. The number of hydrogen-bond acceptors (Lipinski definition) is 7. The van der Waals surface area contributed by atoms with E-state index in [0.29, 0.717) is 5.56 Å². The first-order valence-corrected chi connectivity index (χ1v) is 9.25. The van der Waals surface area contributed by atoms with Crippen molar-refractivity contribution in [2.75, 3.05) is 11.9 Å². The zero-order valence-electron chi connectivity index (χ0n) is 16.5. The number of nitrogens with zero attached hydrogens (tertiary/aromatic N) is 2. The summed E-state index contributed by atoms with van der Waals surface area (Å²) in [6.07, 6.45) is 0. The molecule has 9 heteroatoms. The Bertz CT molecular complexity index is 1250. The fourth-order valence-electron chi connectivity index (χ4n) is 2.85. The Morgan fingerprint density at radius 2 is 1.62 bits per heavy atom. The minimum absolute atomic E-state index is 0.00204. The Morgan fingerprint density at radius 1 is 0.969 bits per heavy atom. The van der Waals surface area contributed by atoms with Crippen molar-refractivity contribution < 1.29 is 24.0 Å². The monoisotopic (exact) mass is 429 g/mol. The van der Waals surface area contributed by atoms with Crippen LogP contribution in [0.3, 0.4) is 0 Å². The molecule has 3 aromatic carbocycles. The van der Waals surface area contributed by atoms with Gasteiger partial charge in [0.1, 0.15) is 6.07 Å². The van der Waals surface area contributed by atoms with Gasteiger partial charge in [-0.25, -0.2) is 4.79 Å². The van der Waals surface area contributed by atoms with Crippen molar-refractivity contribution in [2.45, 2.75) is 0 Å². The number of anilines is 1. The van der Waals surface area contributed by atoms with Crippen LogP contribution in [0.15, 0.2) is 72.8 Å². The Morgan fingerprint density at radius 3 is 2.28 bits per heavy atom. The summed E-state index contributed by atoms with van der Waals surface area (Å²) in [7, 11) is 0. The van der Waals surface area contributed by atoms with Gasteiger partial charge < -0.3 is 10.1 Å². The molecule has 0 fully saturated rings. The third-order valence-corrected chi connectivity index (χ3v) is 4.37. The van der Waals surface area contributed by atoms with E-state index in [-0.39, 0.29) is 33.8 Å². The first-order chi connectivity index (χ1) is 15.4. The van der Waals surface area contributed by atoms with Crippen LogP contribution in [0.25, 0.3) is 0 Å². The second kappa shape index (κ2) is 9.77. The van der Waals surface area contributed by atoms with Gasteiger partial charge in [-0.3, -0.25) is 19.7 Å². The van der Waals surface area contributed by atoms with E-state index in [2.05, 4.69) is 5.32 Å². The summed E-state index contributed by atoms with van der Waals surface area (Å²) < 4.78 is 5.03. The van der Waals surface area contributed by atoms with Gasteiger partial charge in [0, 0.05) is 23.3 Å². The summed E-state index contributed by atoms with van der Waals surface area (Å²) in [5.41, 5.74) is 0.156. The molecule has 1 N–H and O–H groups in total. The van der Waals surface area contributed by atoms with Crippen LogP contribution < -0.4 is 5.32 Å². The molecule has 0 saturated carbocycles. The average molecular weight is 429 g/mol. The van der Waals surface area contributed by atoms with Gasteiger partial charge >= 0.3 is 5.97 Å². The van der Waals surface area contributed by atoms with E-state index in [4.69, 9.17) is 10.00 Å². The van der Waals surface area contributed by atoms with Crippen molar-refractivity contribution in [2.24, 2.45) is 0 Å². The molecule has 1 amide bonds. The van der Waals surface area contributed by atoms with Crippen molar-refractivity contribution in [3.05, 3.63) is 105 Å². The molecule has 0 aliphatic carbocycles. The van der Waals surface area contributed by atoms with E-state index in [1.807, 2.05) is 0 Å². The van der Waals surface area contributed by atoms with Crippen LogP contribution in [0.4, 0.5) is 11.4 Å². The smallest absolute Gasteiger partial charge is 0.339 e. The topological polar surface area (TPSA) is 139 Å². The lowest BCUT2D eigenvalue weighted by Gasteiger charge is -2.10. The van der Waals surface area contributed by atoms with Crippen LogP contribution in [0.5, 0.6) is 0 Å². The number of carbonyl (C=O) groups is 3. The Kier molecular flexibility index (Phi) is 6.68. The van der Waals surface area contributed by atoms with Gasteiger partial charge in [-0.1, -0.05) is 48.5 Å². The molecule has 0 saturated heterocycles. The molecule has 0 atom stereocenters. The van der Waals surface area contributed by atoms with Crippen LogP contribution >= 0.6 is 0 Å². The fourth-order valence-corrected chi connectivity index (χ4v) is 2.85. The van der Waals surface area contributed by atoms with Crippen molar-refractivity contribution in [3.63, 3.8) is 0 Å². The Hall–Kier alpha value is -4.84. The lowest BCUT2D eigenvalue weighted by Crippen LogP contribution is -2.22. The molecule has 0 bridgehead atoms. The zero-order valence-corrected chi connectivity index (χ0v) is 16.5. The van der Waals surface area contributed by atoms with Crippen LogP contribution in [0.1, 0.15) is 31.8 Å². The fraction of sp³-hybridized carbons (Fsp3) is 0.0435. The van der Waals surface area contributed by atoms with E-state index in [9.17, 15) is 24.5 Å². The van der Waals surface area contributed by atoms with Crippen LogP contribution in [0.2, 0.25) is 0 Å². The molecule has 0 radical (unpaired) electrons. The van der Waals surface area contributed by atoms with Crippen molar-refractivity contribution >= 4 is 29.0 Å². The molecular weight excluding hydrogens is 414 g/mol. The number of ketones is 1. The van der Waals surface area contributed by atoms with E-state index in [1.54, 1.807) is 48.5 Å². The third-order valence-electron chi connectivity index (χ3n) is 4.37. The van der Waals surface area contributed by atoms with Gasteiger partial charge in [0.05, 0.1) is 21.7 Å². The molecule has 9 nitrogen and oxygen atoms in total. The number of hydrogen-bond donors (Lipinski definition) is 1. The highest BCUT2D eigenvalue weighted by Gasteiger charge is 2.20. The maximum atomic E-state index is 12.7. The number of non-ortho nitro benzene ring substituents is 1. The molecule has 32 heavy (non-hydrogen) atoms. The highest BCUT2D eigenvalue weighted by Crippen LogP contribution is 2.21. The maximum absolute atomic E-state index is 12.7. The van der Waals surface area contributed by atoms with Gasteiger partial charge in [0.15, 0.2) is 12.4 Å². The number of esters is 1. The summed E-state index contributed by atoms with van der Waals surface area (Å²) in [5, 5.41) is 22.3. The lowest BCUT2D eigenvalue weighted by molar-refractivity contribution is -0.384. The maximum Gasteiger partial charge on any atom is 0.339 e. The van der Waals surface area contributed by atoms with E-state index >= 15 is 0 Å². The molecule has 3 aromatic rings. The summed E-state index contributed by atoms with van der Waals surface area (Å²) >= 11 is 0. The van der Waals surface area contributed by atoms with E-state index in [0.717, 1.165) is 12.1 Å². The van der Waals surface area contributed by atoms with Gasteiger partial charge in [-0.15, -0.1) is 0 Å². The van der Waals surface area contributed by atoms with Gasteiger partial charge in [0.2, 0.25) is 0 Å². The number of nitro groups is 1. The number of rotatable bonds is 7. The van der Waals surface area contributed by atoms with Crippen molar-refractivity contribution in [1.82, 2.24) is 0 Å². The highest BCUT2D eigenvalue weighted by atomic mass is 16.6. The number of nitrogens with one attached hydrogen (secondary N) is 1. The molecule has 158 valence electrons. The molecule has 3 rings (SSSR count). The molecule has 0 spiro atoms. The standard InChI is InChI=1S/C23H15N3O6/c24-13-16-12-17(26(30)31)10-11-20(16)25-21(27)14-32-23(29)19-9-5-4-8-18(19)22(28)15-6-2-1-3-7-15/h1-12H,14H2,(H,25,27). The second-order valence-corrected chi connectivity index (χ2v) is 6.46.